The molecule has 4 amide bonds. The van der Waals surface area contributed by atoms with Crippen molar-refractivity contribution in [1.82, 2.24) is 30.4 Å². The first-order valence-electron chi connectivity index (χ1n) is 19.9. The number of pyridine rings is 2. The zero-order chi connectivity index (χ0) is 42.0. The van der Waals surface area contributed by atoms with Gasteiger partial charge in [-0.3, -0.25) is 19.5 Å². The quantitative estimate of drug-likeness (QED) is 0.135. The Morgan fingerprint density at radius 1 is 0.797 bits per heavy atom. The van der Waals surface area contributed by atoms with Crippen LogP contribution in [0.4, 0.5) is 9.59 Å². The molecule has 7 rings (SSSR count). The highest BCUT2D eigenvalue weighted by Crippen LogP contribution is 2.43. The van der Waals surface area contributed by atoms with Crippen molar-refractivity contribution in [2.45, 2.75) is 96.0 Å². The first kappa shape index (κ1) is 41.7. The Bertz CT molecular complexity index is 2280. The SMILES string of the molecule is COc1nc(-c2cccc(-c3cccc(-c4ccc5c(n4)CCC[C@@H]5N(C[C@@H]4CCC(=O)N4)C(=O)O)c3Cl)c2Cl)ccc1CN(C[C@@H]1CCC(=O)N1)C(=O)OC(C)(C)C. The molecule has 2 fully saturated rings. The van der Waals surface area contributed by atoms with Gasteiger partial charge >= 0.3 is 12.2 Å². The van der Waals surface area contributed by atoms with Gasteiger partial charge in [0.25, 0.3) is 0 Å². The fourth-order valence-electron chi connectivity index (χ4n) is 8.11. The number of rotatable bonds is 11. The summed E-state index contributed by atoms with van der Waals surface area (Å²) < 4.78 is 11.5. The number of halogens is 2. The van der Waals surface area contributed by atoms with Crippen LogP contribution in [0.5, 0.6) is 5.88 Å². The third-order valence-electron chi connectivity index (χ3n) is 10.9. The number of hydrogen-bond donors (Lipinski definition) is 3. The molecule has 13 nitrogen and oxygen atoms in total. The largest absolute Gasteiger partial charge is 0.481 e. The number of methoxy groups -OCH3 is 1. The van der Waals surface area contributed by atoms with Crippen molar-refractivity contribution in [3.8, 4) is 39.5 Å². The molecule has 0 radical (unpaired) electrons. The molecule has 4 heterocycles. The molecule has 0 spiro atoms. The minimum Gasteiger partial charge on any atom is -0.481 e. The Hall–Kier alpha value is -5.40. The lowest BCUT2D eigenvalue weighted by Gasteiger charge is -2.35. The van der Waals surface area contributed by atoms with Crippen LogP contribution in [0.3, 0.4) is 0 Å². The maximum atomic E-state index is 13.3. The topological polar surface area (TPSA) is 163 Å². The first-order valence-corrected chi connectivity index (χ1v) is 20.6. The number of aromatic nitrogens is 2. The van der Waals surface area contributed by atoms with Gasteiger partial charge in [-0.2, -0.15) is 0 Å². The Labute approximate surface area is 353 Å². The molecule has 310 valence electrons. The van der Waals surface area contributed by atoms with E-state index in [4.69, 9.17) is 42.6 Å². The number of carbonyl (C=O) groups excluding carboxylic acids is 3. The van der Waals surface area contributed by atoms with Gasteiger partial charge in [0.05, 0.1) is 41.1 Å². The molecule has 3 atom stereocenters. The molecule has 3 aliphatic rings. The van der Waals surface area contributed by atoms with Crippen molar-refractivity contribution in [3.63, 3.8) is 0 Å². The fraction of sp³-hybridized carbons (Fsp3) is 0.409. The highest BCUT2D eigenvalue weighted by Gasteiger charge is 2.34. The van der Waals surface area contributed by atoms with Crippen LogP contribution in [0, 0.1) is 0 Å². The van der Waals surface area contributed by atoms with Gasteiger partial charge in [0.1, 0.15) is 5.60 Å². The van der Waals surface area contributed by atoms with E-state index in [0.717, 1.165) is 17.7 Å². The van der Waals surface area contributed by atoms with Crippen LogP contribution in [0.1, 0.15) is 82.2 Å². The van der Waals surface area contributed by atoms with Crippen LogP contribution in [-0.4, -0.2) is 86.8 Å². The third kappa shape index (κ3) is 9.42. The van der Waals surface area contributed by atoms with Crippen LogP contribution in [0.15, 0.2) is 60.7 Å². The second kappa shape index (κ2) is 17.4. The lowest BCUT2D eigenvalue weighted by Crippen LogP contribution is -2.44. The number of ether oxygens (including phenoxy) is 2. The molecule has 59 heavy (non-hydrogen) atoms. The number of benzene rings is 2. The van der Waals surface area contributed by atoms with Crippen molar-refractivity contribution in [1.29, 1.82) is 0 Å². The predicted molar refractivity (Wildman–Crippen MR) is 224 cm³/mol. The zero-order valence-corrected chi connectivity index (χ0v) is 35.0. The summed E-state index contributed by atoms with van der Waals surface area (Å²) in [6, 6.07) is 18.1. The Kier molecular flexibility index (Phi) is 12.3. The van der Waals surface area contributed by atoms with Crippen LogP contribution in [-0.2, 0) is 27.3 Å². The molecule has 0 saturated carbocycles. The Balaban J connectivity index is 1.15. The van der Waals surface area contributed by atoms with Crippen molar-refractivity contribution in [2.75, 3.05) is 20.2 Å². The number of fused-ring (bicyclic) bond motifs is 1. The van der Waals surface area contributed by atoms with Gasteiger partial charge in [0, 0.05) is 71.5 Å². The molecule has 2 aliphatic heterocycles. The van der Waals surface area contributed by atoms with Gasteiger partial charge in [-0.1, -0.05) is 65.7 Å². The number of carboxylic acid groups (broad SMARTS) is 1. The van der Waals surface area contributed by atoms with Gasteiger partial charge in [-0.15, -0.1) is 0 Å². The van der Waals surface area contributed by atoms with Crippen LogP contribution in [0.2, 0.25) is 10.0 Å². The van der Waals surface area contributed by atoms with E-state index in [1.54, 1.807) is 25.7 Å². The van der Waals surface area contributed by atoms with Crippen LogP contribution < -0.4 is 15.4 Å². The fourth-order valence-corrected chi connectivity index (χ4v) is 8.76. The molecule has 4 aromatic rings. The highest BCUT2D eigenvalue weighted by molar-refractivity contribution is 6.39. The van der Waals surface area contributed by atoms with Crippen LogP contribution in [0.25, 0.3) is 33.6 Å². The number of carbonyl (C=O) groups is 4. The number of amides is 4. The molecule has 15 heteroatoms. The molecule has 0 bridgehead atoms. The summed E-state index contributed by atoms with van der Waals surface area (Å²) in [6.45, 7) is 6.05. The molecule has 2 aromatic heterocycles. The van der Waals surface area contributed by atoms with Crippen molar-refractivity contribution < 1.29 is 33.8 Å². The smallest absolute Gasteiger partial charge is 0.410 e. The normalized spacial score (nSPS) is 18.8. The maximum Gasteiger partial charge on any atom is 0.410 e. The first-order chi connectivity index (χ1) is 28.2. The predicted octanol–water partition coefficient (Wildman–Crippen LogP) is 8.44. The average molecular weight is 844 g/mol. The minimum atomic E-state index is -1.02. The third-order valence-corrected chi connectivity index (χ3v) is 11.7. The van der Waals surface area contributed by atoms with E-state index in [1.807, 2.05) is 60.7 Å². The zero-order valence-electron chi connectivity index (χ0n) is 33.5. The van der Waals surface area contributed by atoms with E-state index in [9.17, 15) is 24.3 Å². The van der Waals surface area contributed by atoms with Crippen LogP contribution >= 0.6 is 23.2 Å². The molecule has 2 aromatic carbocycles. The van der Waals surface area contributed by atoms with Gasteiger partial charge in [-0.05, 0) is 76.6 Å². The summed E-state index contributed by atoms with van der Waals surface area (Å²) in [5.41, 5.74) is 5.56. The molecular weight excluding hydrogens is 795 g/mol. The lowest BCUT2D eigenvalue weighted by molar-refractivity contribution is -0.120. The Morgan fingerprint density at radius 2 is 1.37 bits per heavy atom. The summed E-state index contributed by atoms with van der Waals surface area (Å²) in [4.78, 5) is 62.4. The number of nitrogens with zero attached hydrogens (tertiary/aromatic N) is 4. The summed E-state index contributed by atoms with van der Waals surface area (Å²) in [5, 5.41) is 16.9. The molecular formula is C44H48Cl2N6O7. The lowest BCUT2D eigenvalue weighted by atomic mass is 9.89. The van der Waals surface area contributed by atoms with Crippen molar-refractivity contribution in [2.24, 2.45) is 0 Å². The van der Waals surface area contributed by atoms with E-state index in [1.165, 1.54) is 12.0 Å². The monoisotopic (exact) mass is 842 g/mol. The number of aryl methyl sites for hydroxylation is 1. The van der Waals surface area contributed by atoms with E-state index < -0.39 is 17.8 Å². The van der Waals surface area contributed by atoms with E-state index in [-0.39, 0.29) is 49.6 Å². The van der Waals surface area contributed by atoms with Gasteiger partial charge < -0.3 is 30.1 Å². The van der Waals surface area contributed by atoms with E-state index in [0.29, 0.717) is 93.7 Å². The minimum absolute atomic E-state index is 0.0427. The van der Waals surface area contributed by atoms with Gasteiger partial charge in [0.15, 0.2) is 0 Å². The summed E-state index contributed by atoms with van der Waals surface area (Å²) >= 11 is 14.4. The number of hydrogen-bond acceptors (Lipinski definition) is 8. The number of nitrogens with one attached hydrogen (secondary N) is 2. The Morgan fingerprint density at radius 3 is 1.93 bits per heavy atom. The second-order valence-electron chi connectivity index (χ2n) is 16.2. The summed E-state index contributed by atoms with van der Waals surface area (Å²) in [6.07, 6.45) is 2.65. The van der Waals surface area contributed by atoms with Crippen molar-refractivity contribution in [3.05, 3.63) is 87.5 Å². The highest BCUT2D eigenvalue weighted by atomic mass is 35.5. The molecule has 2 saturated heterocycles. The second-order valence-corrected chi connectivity index (χ2v) is 17.0. The standard InChI is InChI=1S/C44H48Cl2N6O7/c1-44(2,3)59-43(57)51(23-26-15-20-37(53)47-26)22-25-14-18-35(50-41(25)58-4)32-11-6-9-29(40(32)46)28-8-5-10-31(39(28)45)34-19-17-30-33(49-34)12-7-13-36(30)52(42(55)56)24-27-16-21-38(54)48-27/h5-6,8-11,14,17-19,26-27,36H,7,12-13,15-16,20-24H2,1-4H3,(H,47,53)(H,48,54)(H,55,56)/t26-,27-,36-/m0/s1. The van der Waals surface area contributed by atoms with E-state index >= 15 is 0 Å². The maximum absolute atomic E-state index is 13.3. The molecule has 3 N–H and O–H groups in total. The van der Waals surface area contributed by atoms with Gasteiger partial charge in [-0.25, -0.2) is 14.6 Å². The molecule has 0 unspecified atom stereocenters. The average Bonchev–Trinajstić information content (AvgIpc) is 3.82. The summed E-state index contributed by atoms with van der Waals surface area (Å²) in [7, 11) is 1.52. The van der Waals surface area contributed by atoms with E-state index in [2.05, 4.69) is 10.6 Å². The van der Waals surface area contributed by atoms with Gasteiger partial charge in [0.2, 0.25) is 17.7 Å². The summed E-state index contributed by atoms with van der Waals surface area (Å²) in [5.74, 6) is 0.215. The molecule has 1 aliphatic carbocycles. The van der Waals surface area contributed by atoms with Crippen molar-refractivity contribution >= 4 is 47.2 Å².